The van der Waals surface area contributed by atoms with Crippen LogP contribution in [0.5, 0.6) is 5.75 Å². The van der Waals surface area contributed by atoms with Crippen LogP contribution in [0, 0.1) is 20.8 Å². The molecule has 9 heteroatoms. The van der Waals surface area contributed by atoms with E-state index in [0.717, 1.165) is 22.4 Å². The summed E-state index contributed by atoms with van der Waals surface area (Å²) in [5, 5.41) is 12.1. The van der Waals surface area contributed by atoms with E-state index in [4.69, 9.17) is 32.5 Å². The zero-order valence-electron chi connectivity index (χ0n) is 18.4. The maximum atomic E-state index is 12.9. The van der Waals surface area contributed by atoms with Crippen molar-refractivity contribution in [1.29, 1.82) is 0 Å². The zero-order chi connectivity index (χ0) is 23.5. The van der Waals surface area contributed by atoms with E-state index in [1.54, 1.807) is 36.1 Å². The number of halogens is 2. The molecule has 0 radical (unpaired) electrons. The molecule has 1 N–H and O–H groups in total. The molecule has 2 aromatic carbocycles. The number of hydrogen-bond acceptors (Lipinski definition) is 5. The molecule has 7 nitrogen and oxygen atoms in total. The molecule has 0 spiro atoms. The number of carbonyl (C=O) groups is 1. The monoisotopic (exact) mass is 484 g/mol. The minimum atomic E-state index is -0.407. The Balaban J connectivity index is 1.44. The number of nitrogens with zero attached hydrogens (tertiary/aromatic N) is 3. The predicted molar refractivity (Wildman–Crippen MR) is 127 cm³/mol. The van der Waals surface area contributed by atoms with Crippen LogP contribution < -0.4 is 10.1 Å². The van der Waals surface area contributed by atoms with E-state index >= 15 is 0 Å². The van der Waals surface area contributed by atoms with Crippen molar-refractivity contribution in [3.05, 3.63) is 92.5 Å². The van der Waals surface area contributed by atoms with Crippen LogP contribution in [0.2, 0.25) is 10.0 Å². The van der Waals surface area contributed by atoms with E-state index < -0.39 is 5.91 Å². The van der Waals surface area contributed by atoms with Crippen LogP contribution in [0.15, 0.2) is 53.3 Å². The molecular weight excluding hydrogens is 463 g/mol. The van der Waals surface area contributed by atoms with Gasteiger partial charge in [0.25, 0.3) is 5.91 Å². The molecule has 33 heavy (non-hydrogen) atoms. The number of ether oxygens (including phenoxy) is 1. The van der Waals surface area contributed by atoms with Gasteiger partial charge in [0.05, 0.1) is 24.0 Å². The number of carbonyl (C=O) groups excluding carboxylic acids is 1. The standard InChI is InChI=1S/C24H22Cl2N4O3/c1-14-6-15(2)8-20(7-14)32-13-21-16(3)33-29-23(21)24(31)28-19-10-27-30(12-19)11-17-4-5-18(25)9-22(17)26/h4-10,12H,11,13H2,1-3H3,(H,28,31). The highest BCUT2D eigenvalue weighted by atomic mass is 35.5. The lowest BCUT2D eigenvalue weighted by Crippen LogP contribution is -2.15. The Morgan fingerprint density at radius 3 is 2.61 bits per heavy atom. The number of nitrogens with one attached hydrogen (secondary N) is 1. The molecular formula is C24H22Cl2N4O3. The lowest BCUT2D eigenvalue weighted by Gasteiger charge is -2.08. The summed E-state index contributed by atoms with van der Waals surface area (Å²) >= 11 is 12.2. The predicted octanol–water partition coefficient (Wildman–Crippen LogP) is 5.98. The Bertz CT molecular complexity index is 1290. The summed E-state index contributed by atoms with van der Waals surface area (Å²) < 4.78 is 12.8. The third kappa shape index (κ3) is 5.56. The van der Waals surface area contributed by atoms with Gasteiger partial charge in [0, 0.05) is 16.2 Å². The Labute approximate surface area is 201 Å². The minimum Gasteiger partial charge on any atom is -0.489 e. The van der Waals surface area contributed by atoms with Crippen LogP contribution in [0.4, 0.5) is 5.69 Å². The zero-order valence-corrected chi connectivity index (χ0v) is 19.9. The number of benzene rings is 2. The van der Waals surface area contributed by atoms with Gasteiger partial charge in [-0.1, -0.05) is 40.5 Å². The summed E-state index contributed by atoms with van der Waals surface area (Å²) in [7, 11) is 0. The molecule has 1 amide bonds. The van der Waals surface area contributed by atoms with E-state index in [0.29, 0.717) is 33.6 Å². The number of aryl methyl sites for hydroxylation is 3. The van der Waals surface area contributed by atoms with Crippen molar-refractivity contribution >= 4 is 34.8 Å². The molecule has 0 unspecified atom stereocenters. The van der Waals surface area contributed by atoms with Crippen molar-refractivity contribution < 1.29 is 14.1 Å². The Kier molecular flexibility index (Phi) is 6.72. The lowest BCUT2D eigenvalue weighted by molar-refractivity contribution is 0.101. The maximum Gasteiger partial charge on any atom is 0.278 e. The van der Waals surface area contributed by atoms with Gasteiger partial charge in [-0.3, -0.25) is 9.48 Å². The topological polar surface area (TPSA) is 82.2 Å². The normalized spacial score (nSPS) is 10.9. The van der Waals surface area contributed by atoms with E-state index in [-0.39, 0.29) is 12.3 Å². The maximum absolute atomic E-state index is 12.9. The molecule has 0 atom stereocenters. The van der Waals surface area contributed by atoms with Gasteiger partial charge in [-0.2, -0.15) is 5.10 Å². The molecule has 4 rings (SSSR count). The molecule has 0 aliphatic heterocycles. The number of amides is 1. The van der Waals surface area contributed by atoms with Gasteiger partial charge < -0.3 is 14.6 Å². The summed E-state index contributed by atoms with van der Waals surface area (Å²) in [6.07, 6.45) is 3.27. The first-order chi connectivity index (χ1) is 15.8. The van der Waals surface area contributed by atoms with Gasteiger partial charge in [-0.05, 0) is 61.7 Å². The van der Waals surface area contributed by atoms with E-state index in [1.165, 1.54) is 0 Å². The van der Waals surface area contributed by atoms with Crippen molar-refractivity contribution in [3.8, 4) is 5.75 Å². The first-order valence-electron chi connectivity index (χ1n) is 10.2. The summed E-state index contributed by atoms with van der Waals surface area (Å²) in [4.78, 5) is 12.9. The second-order valence-corrected chi connectivity index (χ2v) is 8.64. The summed E-state index contributed by atoms with van der Waals surface area (Å²) in [6.45, 7) is 6.35. The minimum absolute atomic E-state index is 0.162. The van der Waals surface area contributed by atoms with Crippen molar-refractivity contribution in [3.63, 3.8) is 0 Å². The number of anilines is 1. The smallest absolute Gasteiger partial charge is 0.278 e. The highest BCUT2D eigenvalue weighted by molar-refractivity contribution is 6.35. The molecule has 0 saturated heterocycles. The number of rotatable bonds is 7. The molecule has 2 heterocycles. The average molecular weight is 485 g/mol. The molecule has 2 aromatic heterocycles. The molecule has 4 aromatic rings. The van der Waals surface area contributed by atoms with Crippen LogP contribution in [0.25, 0.3) is 0 Å². The second-order valence-electron chi connectivity index (χ2n) is 7.79. The molecule has 0 saturated carbocycles. The molecule has 0 aliphatic carbocycles. The van der Waals surface area contributed by atoms with E-state index in [9.17, 15) is 4.79 Å². The highest BCUT2D eigenvalue weighted by Gasteiger charge is 2.21. The molecule has 0 fully saturated rings. The van der Waals surface area contributed by atoms with Gasteiger partial charge in [-0.25, -0.2) is 0 Å². The third-order valence-corrected chi connectivity index (χ3v) is 5.60. The summed E-state index contributed by atoms with van der Waals surface area (Å²) in [6, 6.07) is 11.2. The van der Waals surface area contributed by atoms with Crippen molar-refractivity contribution in [2.45, 2.75) is 33.9 Å². The second kappa shape index (κ2) is 9.68. The van der Waals surface area contributed by atoms with Crippen LogP contribution in [-0.4, -0.2) is 20.8 Å². The van der Waals surface area contributed by atoms with Gasteiger partial charge >= 0.3 is 0 Å². The van der Waals surface area contributed by atoms with Crippen LogP contribution in [0.1, 0.15) is 38.5 Å². The van der Waals surface area contributed by atoms with Crippen molar-refractivity contribution in [2.75, 3.05) is 5.32 Å². The first kappa shape index (κ1) is 22.9. The third-order valence-electron chi connectivity index (χ3n) is 5.02. The van der Waals surface area contributed by atoms with Crippen molar-refractivity contribution in [1.82, 2.24) is 14.9 Å². The first-order valence-corrected chi connectivity index (χ1v) is 11.0. The Hall–Kier alpha value is -3.29. The van der Waals surface area contributed by atoms with Crippen LogP contribution >= 0.6 is 23.2 Å². The molecule has 0 bridgehead atoms. The quantitative estimate of drug-likeness (QED) is 0.348. The highest BCUT2D eigenvalue weighted by Crippen LogP contribution is 2.23. The van der Waals surface area contributed by atoms with E-state index in [1.807, 2.05) is 32.0 Å². The van der Waals surface area contributed by atoms with Crippen LogP contribution in [-0.2, 0) is 13.2 Å². The SMILES string of the molecule is Cc1cc(C)cc(OCc2c(C(=O)Nc3cnn(Cc4ccc(Cl)cc4Cl)c3)noc2C)c1. The van der Waals surface area contributed by atoms with E-state index in [2.05, 4.69) is 21.6 Å². The van der Waals surface area contributed by atoms with Crippen molar-refractivity contribution in [2.24, 2.45) is 0 Å². The van der Waals surface area contributed by atoms with Gasteiger partial charge in [-0.15, -0.1) is 0 Å². The fraction of sp³-hybridized carbons (Fsp3) is 0.208. The van der Waals surface area contributed by atoms with Gasteiger partial charge in [0.2, 0.25) is 0 Å². The Morgan fingerprint density at radius 1 is 1.12 bits per heavy atom. The number of hydrogen-bond donors (Lipinski definition) is 1. The fourth-order valence-electron chi connectivity index (χ4n) is 3.44. The summed E-state index contributed by atoms with van der Waals surface area (Å²) in [5.41, 5.74) is 4.34. The largest absolute Gasteiger partial charge is 0.489 e. The summed E-state index contributed by atoms with van der Waals surface area (Å²) in [5.74, 6) is 0.842. The average Bonchev–Trinajstić information content (AvgIpc) is 3.34. The van der Waals surface area contributed by atoms with Gasteiger partial charge in [0.15, 0.2) is 5.69 Å². The molecule has 170 valence electrons. The lowest BCUT2D eigenvalue weighted by atomic mass is 10.1. The van der Waals surface area contributed by atoms with Crippen LogP contribution in [0.3, 0.4) is 0 Å². The Morgan fingerprint density at radius 2 is 1.88 bits per heavy atom. The number of aromatic nitrogens is 3. The fourth-order valence-corrected chi connectivity index (χ4v) is 3.91. The molecule has 0 aliphatic rings. The van der Waals surface area contributed by atoms with Gasteiger partial charge in [0.1, 0.15) is 18.1 Å².